The molecule has 5 nitrogen and oxygen atoms in total. The van der Waals surface area contributed by atoms with E-state index in [2.05, 4.69) is 9.82 Å². The zero-order valence-corrected chi connectivity index (χ0v) is 15.6. The van der Waals surface area contributed by atoms with Gasteiger partial charge in [0.05, 0.1) is 17.4 Å². The minimum Gasteiger partial charge on any atom is -0.263 e. The van der Waals surface area contributed by atoms with Crippen LogP contribution in [0.15, 0.2) is 60.2 Å². The fourth-order valence-electron chi connectivity index (χ4n) is 2.54. The average Bonchev–Trinajstić information content (AvgIpc) is 3.28. The lowest BCUT2D eigenvalue weighted by atomic mass is 10.1. The van der Waals surface area contributed by atoms with E-state index in [4.69, 9.17) is 0 Å². The average molecular weight is 415 g/mol. The molecule has 0 saturated heterocycles. The molecule has 0 aliphatic heterocycles. The molecule has 1 atom stereocenters. The molecule has 0 saturated carbocycles. The molecule has 10 heteroatoms. The van der Waals surface area contributed by atoms with Crippen LogP contribution in [0.4, 0.5) is 13.2 Å². The van der Waals surface area contributed by atoms with E-state index in [-0.39, 0.29) is 18.2 Å². The number of hydrogen-bond acceptors (Lipinski definition) is 4. The molecule has 0 bridgehead atoms. The van der Waals surface area contributed by atoms with Gasteiger partial charge in [-0.1, -0.05) is 18.2 Å². The molecule has 0 spiro atoms. The van der Waals surface area contributed by atoms with Crippen molar-refractivity contribution in [1.82, 2.24) is 14.5 Å². The third-order valence-corrected chi connectivity index (χ3v) is 6.14. The lowest BCUT2D eigenvalue weighted by Crippen LogP contribution is -2.32. The van der Waals surface area contributed by atoms with Crippen molar-refractivity contribution < 1.29 is 21.6 Å². The van der Waals surface area contributed by atoms with Gasteiger partial charge in [0, 0.05) is 23.8 Å². The second-order valence-electron chi connectivity index (χ2n) is 5.82. The van der Waals surface area contributed by atoms with Gasteiger partial charge in [-0.05, 0) is 35.2 Å². The van der Waals surface area contributed by atoms with E-state index in [0.29, 0.717) is 0 Å². The number of hydrogen-bond donors (Lipinski definition) is 1. The van der Waals surface area contributed by atoms with Gasteiger partial charge in [-0.3, -0.25) is 4.68 Å². The smallest absolute Gasteiger partial charge is 0.263 e. The van der Waals surface area contributed by atoms with Gasteiger partial charge in [-0.15, -0.1) is 11.3 Å². The first-order valence-electron chi connectivity index (χ1n) is 7.90. The molecular formula is C17H16F3N3O2S2. The third kappa shape index (κ3) is 5.18. The number of aromatic nitrogens is 2. The molecule has 1 unspecified atom stereocenters. The van der Waals surface area contributed by atoms with E-state index < -0.39 is 27.5 Å². The lowest BCUT2D eigenvalue weighted by molar-refractivity contribution is -0.137. The number of nitrogens with one attached hydrogen (secondary N) is 1. The molecule has 3 rings (SSSR count). The van der Waals surface area contributed by atoms with Crippen LogP contribution < -0.4 is 4.72 Å². The molecule has 0 aliphatic carbocycles. The molecule has 0 radical (unpaired) electrons. The Labute approximate surface area is 158 Å². The summed E-state index contributed by atoms with van der Waals surface area (Å²) in [6, 6.07) is 9.30. The first kappa shape index (κ1) is 19.6. The molecule has 0 fully saturated rings. The molecule has 0 amide bonds. The molecular weight excluding hydrogens is 399 g/mol. The molecule has 2 aromatic heterocycles. The maximum atomic E-state index is 12.6. The summed E-state index contributed by atoms with van der Waals surface area (Å²) in [7, 11) is -3.73. The Morgan fingerprint density at radius 3 is 2.44 bits per heavy atom. The van der Waals surface area contributed by atoms with Crippen molar-refractivity contribution in [3.63, 3.8) is 0 Å². The van der Waals surface area contributed by atoms with E-state index in [0.717, 1.165) is 17.0 Å². The SMILES string of the molecule is O=S(=O)(Cc1ccc(C(F)(F)F)cc1)NCC(c1cccs1)n1cccn1. The fraction of sp³-hybridized carbons (Fsp3) is 0.235. The van der Waals surface area contributed by atoms with Gasteiger partial charge in [0.25, 0.3) is 0 Å². The van der Waals surface area contributed by atoms with Crippen LogP contribution in [0.5, 0.6) is 0 Å². The van der Waals surface area contributed by atoms with E-state index in [1.165, 1.54) is 23.5 Å². The number of thiophene rings is 1. The van der Waals surface area contributed by atoms with Crippen molar-refractivity contribution in [2.45, 2.75) is 18.0 Å². The Hall–Kier alpha value is -2.17. The second-order valence-corrected chi connectivity index (χ2v) is 8.61. The molecule has 0 aliphatic rings. The summed E-state index contributed by atoms with van der Waals surface area (Å²) in [4.78, 5) is 0.941. The highest BCUT2D eigenvalue weighted by molar-refractivity contribution is 7.88. The normalized spacial score (nSPS) is 13.6. The number of sulfonamides is 1. The Morgan fingerprint density at radius 2 is 1.89 bits per heavy atom. The van der Waals surface area contributed by atoms with Crippen molar-refractivity contribution in [3.05, 3.63) is 76.2 Å². The number of rotatable bonds is 7. The number of halogens is 3. The summed E-state index contributed by atoms with van der Waals surface area (Å²) >= 11 is 1.49. The van der Waals surface area contributed by atoms with Gasteiger partial charge in [-0.2, -0.15) is 18.3 Å². The molecule has 2 heterocycles. The fourth-order valence-corrected chi connectivity index (χ4v) is 4.50. The first-order chi connectivity index (χ1) is 12.7. The molecule has 1 N–H and O–H groups in total. The van der Waals surface area contributed by atoms with Crippen LogP contribution in [-0.2, 0) is 22.0 Å². The van der Waals surface area contributed by atoms with E-state index in [1.54, 1.807) is 23.1 Å². The maximum Gasteiger partial charge on any atom is 0.416 e. The molecule has 1 aromatic carbocycles. The van der Waals surface area contributed by atoms with E-state index in [9.17, 15) is 21.6 Å². The standard InChI is InChI=1S/C17H16F3N3O2S2/c18-17(19,20)14-6-4-13(5-7-14)12-27(24,25)22-11-15(16-3-1-10-26-16)23-9-2-8-21-23/h1-10,15,22H,11-12H2. The number of alkyl halides is 3. The van der Waals surface area contributed by atoms with E-state index in [1.807, 2.05) is 17.5 Å². The van der Waals surface area contributed by atoms with E-state index >= 15 is 0 Å². The monoisotopic (exact) mass is 415 g/mol. The molecule has 27 heavy (non-hydrogen) atoms. The summed E-state index contributed by atoms with van der Waals surface area (Å²) in [5.41, 5.74) is -0.532. The first-order valence-corrected chi connectivity index (χ1v) is 10.4. The van der Waals surface area contributed by atoms with Crippen molar-refractivity contribution in [2.24, 2.45) is 0 Å². The lowest BCUT2D eigenvalue weighted by Gasteiger charge is -2.17. The Balaban J connectivity index is 1.68. The third-order valence-electron chi connectivity index (χ3n) is 3.85. The maximum absolute atomic E-state index is 12.6. The Kier molecular flexibility index (Phi) is 5.68. The molecule has 3 aromatic rings. The predicted molar refractivity (Wildman–Crippen MR) is 96.8 cm³/mol. The highest BCUT2D eigenvalue weighted by atomic mass is 32.2. The van der Waals surface area contributed by atoms with Gasteiger partial charge in [0.15, 0.2) is 0 Å². The topological polar surface area (TPSA) is 64.0 Å². The van der Waals surface area contributed by atoms with Gasteiger partial charge in [0.1, 0.15) is 0 Å². The largest absolute Gasteiger partial charge is 0.416 e. The predicted octanol–water partition coefficient (Wildman–Crippen LogP) is 3.67. The van der Waals surface area contributed by atoms with Crippen molar-refractivity contribution in [3.8, 4) is 0 Å². The van der Waals surface area contributed by atoms with Crippen LogP contribution in [0.2, 0.25) is 0 Å². The van der Waals surface area contributed by atoms with Crippen molar-refractivity contribution in [2.75, 3.05) is 6.54 Å². The molecule has 144 valence electrons. The summed E-state index contributed by atoms with van der Waals surface area (Å²) in [6.07, 6.45) is -1.10. The zero-order valence-electron chi connectivity index (χ0n) is 13.9. The van der Waals surface area contributed by atoms with Gasteiger partial charge < -0.3 is 0 Å². The van der Waals surface area contributed by atoms with Crippen LogP contribution >= 0.6 is 11.3 Å². The van der Waals surface area contributed by atoms with Crippen LogP contribution in [-0.4, -0.2) is 24.7 Å². The van der Waals surface area contributed by atoms with Gasteiger partial charge in [-0.25, -0.2) is 13.1 Å². The van der Waals surface area contributed by atoms with Crippen molar-refractivity contribution >= 4 is 21.4 Å². The van der Waals surface area contributed by atoms with Crippen LogP contribution in [0.1, 0.15) is 22.0 Å². The van der Waals surface area contributed by atoms with Crippen LogP contribution in [0.3, 0.4) is 0 Å². The minimum atomic E-state index is -4.45. The highest BCUT2D eigenvalue weighted by Gasteiger charge is 2.30. The zero-order chi connectivity index (χ0) is 19.5. The quantitative estimate of drug-likeness (QED) is 0.640. The second kappa shape index (κ2) is 7.83. The summed E-state index contributed by atoms with van der Waals surface area (Å²) < 4.78 is 66.7. The number of benzene rings is 1. The number of nitrogens with zero attached hydrogens (tertiary/aromatic N) is 2. The summed E-state index contributed by atoms with van der Waals surface area (Å²) in [5.74, 6) is -0.401. The van der Waals surface area contributed by atoms with Gasteiger partial charge >= 0.3 is 6.18 Å². The summed E-state index contributed by atoms with van der Waals surface area (Å²) in [5, 5.41) is 6.06. The highest BCUT2D eigenvalue weighted by Crippen LogP contribution is 2.29. The van der Waals surface area contributed by atoms with Crippen LogP contribution in [0.25, 0.3) is 0 Å². The van der Waals surface area contributed by atoms with Crippen molar-refractivity contribution in [1.29, 1.82) is 0 Å². The Bertz CT molecular complexity index is 918. The minimum absolute atomic E-state index is 0.0885. The van der Waals surface area contributed by atoms with Crippen LogP contribution in [0, 0.1) is 0 Å². The summed E-state index contributed by atoms with van der Waals surface area (Å²) in [6.45, 7) is 0.0885. The Morgan fingerprint density at radius 1 is 1.15 bits per heavy atom. The van der Waals surface area contributed by atoms with Gasteiger partial charge in [0.2, 0.25) is 10.0 Å².